The van der Waals surface area contributed by atoms with Crippen LogP contribution in [0.3, 0.4) is 0 Å². The Morgan fingerprint density at radius 1 is 1.33 bits per heavy atom. The standard InChI is InChI=1S/C13H13NO3S/c1-16-10-3-4-12(17-2)9(5-10)6-13-14-7-11(8-15)18-13/h3-5,7-8H,6H2,1-2H3. The summed E-state index contributed by atoms with van der Waals surface area (Å²) < 4.78 is 10.5. The molecule has 1 aromatic carbocycles. The van der Waals surface area contributed by atoms with E-state index in [2.05, 4.69) is 4.98 Å². The maximum Gasteiger partial charge on any atom is 0.161 e. The van der Waals surface area contributed by atoms with Crippen molar-refractivity contribution in [3.63, 3.8) is 0 Å². The highest BCUT2D eigenvalue weighted by molar-refractivity contribution is 7.13. The Hall–Kier alpha value is -1.88. The topological polar surface area (TPSA) is 48.4 Å². The zero-order valence-corrected chi connectivity index (χ0v) is 11.0. The van der Waals surface area contributed by atoms with Gasteiger partial charge in [-0.25, -0.2) is 4.98 Å². The Balaban J connectivity index is 2.28. The molecule has 18 heavy (non-hydrogen) atoms. The molecule has 0 unspecified atom stereocenters. The van der Waals surface area contributed by atoms with Crippen molar-refractivity contribution in [3.05, 3.63) is 39.8 Å². The van der Waals surface area contributed by atoms with Crippen molar-refractivity contribution >= 4 is 17.6 Å². The highest BCUT2D eigenvalue weighted by atomic mass is 32.1. The van der Waals surface area contributed by atoms with Crippen LogP contribution in [-0.2, 0) is 6.42 Å². The van der Waals surface area contributed by atoms with Crippen molar-refractivity contribution in [3.8, 4) is 11.5 Å². The van der Waals surface area contributed by atoms with Gasteiger partial charge in [-0.2, -0.15) is 0 Å². The number of methoxy groups -OCH3 is 2. The van der Waals surface area contributed by atoms with E-state index in [9.17, 15) is 4.79 Å². The van der Waals surface area contributed by atoms with Crippen molar-refractivity contribution < 1.29 is 14.3 Å². The van der Waals surface area contributed by atoms with Crippen LogP contribution in [0.4, 0.5) is 0 Å². The molecule has 0 fully saturated rings. The summed E-state index contributed by atoms with van der Waals surface area (Å²) >= 11 is 1.38. The number of nitrogens with zero attached hydrogens (tertiary/aromatic N) is 1. The van der Waals surface area contributed by atoms with E-state index in [-0.39, 0.29) is 0 Å². The van der Waals surface area contributed by atoms with Gasteiger partial charge in [-0.1, -0.05) is 0 Å². The summed E-state index contributed by atoms with van der Waals surface area (Å²) in [5.74, 6) is 1.57. The Morgan fingerprint density at radius 2 is 2.17 bits per heavy atom. The zero-order chi connectivity index (χ0) is 13.0. The van der Waals surface area contributed by atoms with Gasteiger partial charge in [0.1, 0.15) is 11.5 Å². The monoisotopic (exact) mass is 263 g/mol. The minimum absolute atomic E-state index is 0.624. The minimum atomic E-state index is 0.624. The number of aldehydes is 1. The number of rotatable bonds is 5. The van der Waals surface area contributed by atoms with Crippen LogP contribution in [0.2, 0.25) is 0 Å². The van der Waals surface area contributed by atoms with E-state index in [0.29, 0.717) is 11.3 Å². The van der Waals surface area contributed by atoms with Crippen LogP contribution in [0.15, 0.2) is 24.4 Å². The second-order valence-electron chi connectivity index (χ2n) is 3.63. The first-order valence-corrected chi connectivity index (χ1v) is 6.19. The minimum Gasteiger partial charge on any atom is -0.497 e. The maximum atomic E-state index is 10.6. The lowest BCUT2D eigenvalue weighted by Crippen LogP contribution is -1.94. The Kier molecular flexibility index (Phi) is 3.94. The smallest absolute Gasteiger partial charge is 0.161 e. The fraction of sp³-hybridized carbons (Fsp3) is 0.231. The van der Waals surface area contributed by atoms with Crippen LogP contribution >= 0.6 is 11.3 Å². The molecule has 0 aliphatic heterocycles. The number of ether oxygens (including phenoxy) is 2. The molecule has 1 aromatic heterocycles. The predicted octanol–water partition coefficient (Wildman–Crippen LogP) is 2.56. The molecular weight excluding hydrogens is 250 g/mol. The molecule has 0 N–H and O–H groups in total. The van der Waals surface area contributed by atoms with Crippen LogP contribution in [0.25, 0.3) is 0 Å². The van der Waals surface area contributed by atoms with Gasteiger partial charge in [-0.15, -0.1) is 11.3 Å². The van der Waals surface area contributed by atoms with Gasteiger partial charge in [-0.05, 0) is 18.2 Å². The average Bonchev–Trinajstić information content (AvgIpc) is 2.86. The largest absolute Gasteiger partial charge is 0.497 e. The first-order valence-electron chi connectivity index (χ1n) is 5.37. The number of carbonyl (C=O) groups excluding carboxylic acids is 1. The molecular formula is C13H13NO3S. The van der Waals surface area contributed by atoms with Gasteiger partial charge in [0.2, 0.25) is 0 Å². The fourth-order valence-electron chi connectivity index (χ4n) is 1.64. The molecule has 4 nitrogen and oxygen atoms in total. The summed E-state index contributed by atoms with van der Waals surface area (Å²) in [4.78, 5) is 15.5. The molecule has 0 aliphatic carbocycles. The van der Waals surface area contributed by atoms with E-state index < -0.39 is 0 Å². The van der Waals surface area contributed by atoms with Gasteiger partial charge in [0.05, 0.1) is 24.1 Å². The highest BCUT2D eigenvalue weighted by Crippen LogP contribution is 2.27. The lowest BCUT2D eigenvalue weighted by atomic mass is 10.1. The molecule has 0 saturated carbocycles. The molecule has 0 amide bonds. The van der Waals surface area contributed by atoms with E-state index in [4.69, 9.17) is 9.47 Å². The van der Waals surface area contributed by atoms with Crippen molar-refractivity contribution in [1.82, 2.24) is 4.98 Å². The summed E-state index contributed by atoms with van der Waals surface area (Å²) in [5.41, 5.74) is 0.989. The van der Waals surface area contributed by atoms with Crippen LogP contribution in [0.5, 0.6) is 11.5 Å². The molecule has 5 heteroatoms. The SMILES string of the molecule is COc1ccc(OC)c(Cc2ncc(C=O)s2)c1. The van der Waals surface area contributed by atoms with Gasteiger partial charge in [0, 0.05) is 18.2 Å². The van der Waals surface area contributed by atoms with Crippen molar-refractivity contribution in [2.45, 2.75) is 6.42 Å². The number of hydrogen-bond acceptors (Lipinski definition) is 5. The highest BCUT2D eigenvalue weighted by Gasteiger charge is 2.09. The number of hydrogen-bond donors (Lipinski definition) is 0. The van der Waals surface area contributed by atoms with Crippen LogP contribution < -0.4 is 9.47 Å². The number of aromatic nitrogens is 1. The summed E-state index contributed by atoms with van der Waals surface area (Å²) in [6.07, 6.45) is 3.02. The van der Waals surface area contributed by atoms with E-state index in [1.54, 1.807) is 20.4 Å². The van der Waals surface area contributed by atoms with Gasteiger partial charge in [-0.3, -0.25) is 4.79 Å². The van der Waals surface area contributed by atoms with Gasteiger partial charge < -0.3 is 9.47 Å². The van der Waals surface area contributed by atoms with Crippen LogP contribution in [-0.4, -0.2) is 25.5 Å². The first-order chi connectivity index (χ1) is 8.76. The van der Waals surface area contributed by atoms with E-state index in [1.165, 1.54) is 11.3 Å². The van der Waals surface area contributed by atoms with Crippen LogP contribution in [0.1, 0.15) is 20.2 Å². The van der Waals surface area contributed by atoms with Gasteiger partial charge >= 0.3 is 0 Å². The van der Waals surface area contributed by atoms with E-state index in [0.717, 1.165) is 28.4 Å². The number of carbonyl (C=O) groups is 1. The molecule has 94 valence electrons. The quantitative estimate of drug-likeness (QED) is 0.778. The van der Waals surface area contributed by atoms with E-state index in [1.807, 2.05) is 18.2 Å². The molecule has 1 heterocycles. The number of benzene rings is 1. The number of thiazole rings is 1. The predicted molar refractivity (Wildman–Crippen MR) is 69.9 cm³/mol. The van der Waals surface area contributed by atoms with Gasteiger partial charge in [0.25, 0.3) is 0 Å². The average molecular weight is 263 g/mol. The molecule has 0 bridgehead atoms. The second kappa shape index (κ2) is 5.64. The molecule has 2 aromatic rings. The Labute approximate surface area is 109 Å². The van der Waals surface area contributed by atoms with Crippen molar-refractivity contribution in [1.29, 1.82) is 0 Å². The Bertz CT molecular complexity index is 551. The second-order valence-corrected chi connectivity index (χ2v) is 4.78. The lowest BCUT2D eigenvalue weighted by molar-refractivity contribution is 0.112. The van der Waals surface area contributed by atoms with E-state index >= 15 is 0 Å². The van der Waals surface area contributed by atoms with Crippen molar-refractivity contribution in [2.24, 2.45) is 0 Å². The maximum absolute atomic E-state index is 10.6. The lowest BCUT2D eigenvalue weighted by Gasteiger charge is -2.09. The summed E-state index contributed by atoms with van der Waals surface area (Å²) in [6, 6.07) is 5.63. The molecule has 0 aliphatic rings. The summed E-state index contributed by atoms with van der Waals surface area (Å²) in [6.45, 7) is 0. The molecule has 0 spiro atoms. The molecule has 0 radical (unpaired) electrons. The normalized spacial score (nSPS) is 10.1. The third-order valence-electron chi connectivity index (χ3n) is 2.52. The summed E-state index contributed by atoms with van der Waals surface area (Å²) in [5, 5.41) is 0.878. The zero-order valence-electron chi connectivity index (χ0n) is 10.2. The third kappa shape index (κ3) is 2.68. The fourth-order valence-corrected chi connectivity index (χ4v) is 2.40. The van der Waals surface area contributed by atoms with Crippen molar-refractivity contribution in [2.75, 3.05) is 14.2 Å². The molecule has 0 atom stereocenters. The van der Waals surface area contributed by atoms with Gasteiger partial charge in [0.15, 0.2) is 6.29 Å². The Morgan fingerprint density at radius 3 is 2.78 bits per heavy atom. The first kappa shape index (κ1) is 12.6. The summed E-state index contributed by atoms with van der Waals surface area (Å²) in [7, 11) is 3.25. The molecule has 2 rings (SSSR count). The third-order valence-corrected chi connectivity index (χ3v) is 3.44. The van der Waals surface area contributed by atoms with Crippen LogP contribution in [0, 0.1) is 0 Å². The molecule has 0 saturated heterocycles.